The first-order valence-electron chi connectivity index (χ1n) is 28.8. The SMILES string of the molecule is CC/C=C\C/C=C\C/C=C\C/C=C\C/C=C\C/C=C\C/C=C\C/C=C\C/C=C\CCCCCCCC(=O)NC(COP(=O)(O)OCC[N+](C)(C)C)C(O)CCCCCCCCCCCCCCCCCC. The number of phosphoric ester groups is 1. The summed E-state index contributed by atoms with van der Waals surface area (Å²) in [6, 6.07) is -0.779. The zero-order valence-corrected chi connectivity index (χ0v) is 47.3. The van der Waals surface area contributed by atoms with E-state index >= 15 is 0 Å². The summed E-state index contributed by atoms with van der Waals surface area (Å²) in [5.41, 5.74) is 0. The van der Waals surface area contributed by atoms with Crippen LogP contribution in [-0.4, -0.2) is 73.4 Å². The topological polar surface area (TPSA) is 105 Å². The summed E-state index contributed by atoms with van der Waals surface area (Å²) >= 11 is 0. The Morgan fingerprint density at radius 1 is 0.493 bits per heavy atom. The second-order valence-electron chi connectivity index (χ2n) is 20.3. The highest BCUT2D eigenvalue weighted by molar-refractivity contribution is 7.47. The van der Waals surface area contributed by atoms with Gasteiger partial charge in [-0.15, -0.1) is 0 Å². The molecular weight excluding hydrogens is 900 g/mol. The molecule has 0 saturated carbocycles. The maximum atomic E-state index is 13.0. The van der Waals surface area contributed by atoms with Crippen LogP contribution in [0.1, 0.15) is 226 Å². The van der Waals surface area contributed by atoms with E-state index in [1.54, 1.807) is 0 Å². The number of amides is 1. The van der Waals surface area contributed by atoms with Gasteiger partial charge >= 0.3 is 7.82 Å². The highest BCUT2D eigenvalue weighted by atomic mass is 31.2. The molecule has 0 heterocycles. The maximum absolute atomic E-state index is 13.0. The summed E-state index contributed by atoms with van der Waals surface area (Å²) in [5.74, 6) is -0.167. The molecule has 0 saturated heterocycles. The number of aliphatic hydroxyl groups excluding tert-OH is 1. The van der Waals surface area contributed by atoms with Crippen LogP contribution in [0.4, 0.5) is 0 Å². The molecule has 0 aliphatic rings. The summed E-state index contributed by atoms with van der Waals surface area (Å²) in [5, 5.41) is 14.0. The van der Waals surface area contributed by atoms with Crippen molar-refractivity contribution in [1.82, 2.24) is 5.32 Å². The second kappa shape index (κ2) is 52.0. The van der Waals surface area contributed by atoms with E-state index in [2.05, 4.69) is 129 Å². The van der Waals surface area contributed by atoms with Crippen LogP contribution in [0.15, 0.2) is 109 Å². The molecule has 0 radical (unpaired) electrons. The van der Waals surface area contributed by atoms with Crippen LogP contribution >= 0.6 is 7.82 Å². The fourth-order valence-electron chi connectivity index (χ4n) is 7.80. The number of nitrogens with zero attached hydrogens (tertiary/aromatic N) is 1. The zero-order valence-electron chi connectivity index (χ0n) is 46.4. The van der Waals surface area contributed by atoms with Crippen molar-refractivity contribution in [3.05, 3.63) is 109 Å². The highest BCUT2D eigenvalue weighted by Gasteiger charge is 2.28. The molecule has 0 aliphatic carbocycles. The average molecular weight is 1010 g/mol. The van der Waals surface area contributed by atoms with Crippen LogP contribution in [0.25, 0.3) is 0 Å². The second-order valence-corrected chi connectivity index (χ2v) is 21.7. The van der Waals surface area contributed by atoms with Gasteiger partial charge in [0.1, 0.15) is 13.2 Å². The highest BCUT2D eigenvalue weighted by Crippen LogP contribution is 2.43. The standard InChI is InChI=1S/C62H109N2O6P/c1-6-8-10-12-14-16-18-20-22-24-25-26-27-28-29-30-31-32-33-34-35-36-37-38-39-40-42-44-46-48-50-52-54-56-62(66)63-60(59-70-71(67,68)69-58-57-64(3,4)5)61(65)55-53-51-49-47-45-43-41-23-21-19-17-15-13-11-9-7-2/h8,10,14,16,20,22,25-26,28-29,31-32,34-35,37-38,40,42,60-61,65H,6-7,9,11-13,15,17-19,21,23-24,27,30,33,36,39,41,43-59H2,1-5H3,(H-,63,66,67,68)/p+1/b10-8-,16-14-,22-20-,26-25-,29-28-,32-31-,35-34-,38-37-,42-40-. The van der Waals surface area contributed by atoms with E-state index in [-0.39, 0.29) is 19.1 Å². The number of allylic oxidation sites excluding steroid dienone is 18. The van der Waals surface area contributed by atoms with E-state index in [9.17, 15) is 19.4 Å². The van der Waals surface area contributed by atoms with Gasteiger partial charge in [-0.2, -0.15) is 0 Å². The first kappa shape index (κ1) is 68.2. The molecule has 0 spiro atoms. The largest absolute Gasteiger partial charge is 0.472 e. The van der Waals surface area contributed by atoms with E-state index < -0.39 is 20.0 Å². The summed E-state index contributed by atoms with van der Waals surface area (Å²) < 4.78 is 23.7. The molecular formula is C62H110N2O6P+. The van der Waals surface area contributed by atoms with Gasteiger partial charge in [-0.3, -0.25) is 13.8 Å². The van der Waals surface area contributed by atoms with Crippen molar-refractivity contribution >= 4 is 13.7 Å². The van der Waals surface area contributed by atoms with Crippen LogP contribution in [0.2, 0.25) is 0 Å². The first-order chi connectivity index (χ1) is 34.5. The smallest absolute Gasteiger partial charge is 0.391 e. The predicted octanol–water partition coefficient (Wildman–Crippen LogP) is 17.6. The number of likely N-dealkylation sites (N-methyl/N-ethyl adjacent to an activating group) is 1. The van der Waals surface area contributed by atoms with Crippen molar-refractivity contribution in [3.8, 4) is 0 Å². The monoisotopic (exact) mass is 1010 g/mol. The number of hydrogen-bond acceptors (Lipinski definition) is 5. The molecule has 3 atom stereocenters. The molecule has 0 aromatic carbocycles. The first-order valence-corrected chi connectivity index (χ1v) is 30.2. The van der Waals surface area contributed by atoms with Gasteiger partial charge in [0.05, 0.1) is 39.9 Å². The lowest BCUT2D eigenvalue weighted by molar-refractivity contribution is -0.870. The molecule has 9 heteroatoms. The number of hydrogen-bond donors (Lipinski definition) is 3. The lowest BCUT2D eigenvalue weighted by Crippen LogP contribution is -2.46. The third-order valence-corrected chi connectivity index (χ3v) is 13.3. The van der Waals surface area contributed by atoms with Gasteiger partial charge in [-0.05, 0) is 83.5 Å². The predicted molar refractivity (Wildman–Crippen MR) is 309 cm³/mol. The zero-order chi connectivity index (χ0) is 52.0. The van der Waals surface area contributed by atoms with Gasteiger partial charge in [0.15, 0.2) is 0 Å². The molecule has 8 nitrogen and oxygen atoms in total. The number of unbranched alkanes of at least 4 members (excludes halogenated alkanes) is 20. The van der Waals surface area contributed by atoms with E-state index in [1.165, 1.54) is 83.5 Å². The lowest BCUT2D eigenvalue weighted by Gasteiger charge is -2.26. The van der Waals surface area contributed by atoms with Gasteiger partial charge in [-0.25, -0.2) is 4.57 Å². The minimum absolute atomic E-state index is 0.0649. The quantitative estimate of drug-likeness (QED) is 0.0243. The number of phosphoric acid groups is 1. The van der Waals surface area contributed by atoms with Gasteiger partial charge in [0.25, 0.3) is 0 Å². The number of carbonyl (C=O) groups excluding carboxylic acids is 1. The Balaban J connectivity index is 4.24. The average Bonchev–Trinajstić information content (AvgIpc) is 3.33. The molecule has 0 fully saturated rings. The Hall–Kier alpha value is -2.84. The molecule has 0 aliphatic heterocycles. The minimum atomic E-state index is -4.34. The number of quaternary nitrogens is 1. The number of carbonyl (C=O) groups is 1. The Kier molecular flexibility index (Phi) is 50.0. The van der Waals surface area contributed by atoms with Crippen molar-refractivity contribution in [1.29, 1.82) is 0 Å². The molecule has 0 bridgehead atoms. The molecule has 0 aromatic heterocycles. The van der Waals surface area contributed by atoms with Crippen LogP contribution < -0.4 is 5.32 Å². The van der Waals surface area contributed by atoms with Crippen molar-refractivity contribution < 1.29 is 32.9 Å². The molecule has 71 heavy (non-hydrogen) atoms. The molecule has 3 unspecified atom stereocenters. The molecule has 408 valence electrons. The van der Waals surface area contributed by atoms with E-state index in [4.69, 9.17) is 9.05 Å². The van der Waals surface area contributed by atoms with Crippen LogP contribution in [0.3, 0.4) is 0 Å². The lowest BCUT2D eigenvalue weighted by atomic mass is 10.0. The van der Waals surface area contributed by atoms with Crippen LogP contribution in [-0.2, 0) is 18.4 Å². The van der Waals surface area contributed by atoms with Crippen molar-refractivity contribution in [2.75, 3.05) is 40.9 Å². The van der Waals surface area contributed by atoms with Crippen molar-refractivity contribution in [2.45, 2.75) is 238 Å². The Morgan fingerprint density at radius 3 is 1.24 bits per heavy atom. The van der Waals surface area contributed by atoms with Gasteiger partial charge in [0.2, 0.25) is 5.91 Å². The van der Waals surface area contributed by atoms with Gasteiger partial charge < -0.3 is 19.8 Å². The number of rotatable bonds is 51. The van der Waals surface area contributed by atoms with Crippen molar-refractivity contribution in [2.24, 2.45) is 0 Å². The third-order valence-electron chi connectivity index (χ3n) is 12.3. The molecule has 3 N–H and O–H groups in total. The van der Waals surface area contributed by atoms with E-state index in [1.807, 2.05) is 21.1 Å². The Labute approximate surface area is 438 Å². The third kappa shape index (κ3) is 54.8. The van der Waals surface area contributed by atoms with E-state index in [0.717, 1.165) is 116 Å². The minimum Gasteiger partial charge on any atom is -0.391 e. The van der Waals surface area contributed by atoms with Gasteiger partial charge in [0, 0.05) is 6.42 Å². The van der Waals surface area contributed by atoms with Crippen LogP contribution in [0, 0.1) is 0 Å². The Morgan fingerprint density at radius 2 is 0.845 bits per heavy atom. The summed E-state index contributed by atoms with van der Waals surface area (Å²) in [7, 11) is 1.59. The summed E-state index contributed by atoms with van der Waals surface area (Å²) in [6.45, 7) is 4.75. The van der Waals surface area contributed by atoms with Crippen molar-refractivity contribution in [3.63, 3.8) is 0 Å². The summed E-state index contributed by atoms with van der Waals surface area (Å²) in [6.07, 6.45) is 75.7. The summed E-state index contributed by atoms with van der Waals surface area (Å²) in [4.78, 5) is 23.3. The van der Waals surface area contributed by atoms with E-state index in [0.29, 0.717) is 23.9 Å². The molecule has 1 amide bonds. The Bertz CT molecular complexity index is 1520. The fraction of sp³-hybridized carbons (Fsp3) is 0.694. The van der Waals surface area contributed by atoms with Gasteiger partial charge in [-0.1, -0.05) is 245 Å². The molecule has 0 rings (SSSR count). The van der Waals surface area contributed by atoms with Crippen LogP contribution in [0.5, 0.6) is 0 Å². The molecule has 0 aromatic rings. The maximum Gasteiger partial charge on any atom is 0.472 e. The number of nitrogens with one attached hydrogen (secondary N) is 1. The normalized spacial score (nSPS) is 14.7. The number of aliphatic hydroxyl groups is 1. The fourth-order valence-corrected chi connectivity index (χ4v) is 8.54.